The van der Waals surface area contributed by atoms with Crippen LogP contribution >= 0.6 is 0 Å². The van der Waals surface area contributed by atoms with E-state index < -0.39 is 0 Å². The van der Waals surface area contributed by atoms with E-state index in [1.165, 1.54) is 18.3 Å². The minimum absolute atomic E-state index is 0.931. The Morgan fingerprint density at radius 3 is 3.00 bits per heavy atom. The van der Waals surface area contributed by atoms with Gasteiger partial charge < -0.3 is 0 Å². The second-order valence-electron chi connectivity index (χ2n) is 5.00. The van der Waals surface area contributed by atoms with E-state index in [1.807, 2.05) is 0 Å². The highest BCUT2D eigenvalue weighted by Gasteiger charge is 2.78. The average molecular weight is 150 g/mol. The molecule has 3 fully saturated rings. The Morgan fingerprint density at radius 1 is 1.45 bits per heavy atom. The highest BCUT2D eigenvalue weighted by molar-refractivity contribution is 5.25. The molecule has 0 amide bonds. The summed E-state index contributed by atoms with van der Waals surface area (Å²) in [5.74, 6) is 4.61. The predicted octanol–water partition coefficient (Wildman–Crippen LogP) is 3.08. The van der Waals surface area contributed by atoms with Gasteiger partial charge in [-0.25, -0.2) is 0 Å². The lowest BCUT2D eigenvalue weighted by molar-refractivity contribution is 0.0858. The van der Waals surface area contributed by atoms with Crippen LogP contribution < -0.4 is 0 Å². The zero-order valence-electron chi connectivity index (χ0n) is 7.64. The molecule has 0 bridgehead atoms. The van der Waals surface area contributed by atoms with Crippen LogP contribution in [0, 0.1) is 29.1 Å². The summed E-state index contributed by atoms with van der Waals surface area (Å²) in [7, 11) is 0. The Bertz CT molecular complexity index is 196. The fourth-order valence-corrected chi connectivity index (χ4v) is 4.81. The summed E-state index contributed by atoms with van der Waals surface area (Å²) in [5, 5.41) is 0. The molecule has 5 atom stereocenters. The van der Waals surface area contributed by atoms with Gasteiger partial charge in [-0.15, -0.1) is 0 Å². The molecule has 0 saturated heterocycles. The largest absolute Gasteiger partial charge is 0.0651 e. The smallest absolute Gasteiger partial charge is 0.0204 e. The van der Waals surface area contributed by atoms with Gasteiger partial charge in [-0.1, -0.05) is 26.7 Å². The summed E-state index contributed by atoms with van der Waals surface area (Å²) in [6, 6.07) is 0. The van der Waals surface area contributed by atoms with Crippen molar-refractivity contribution in [2.24, 2.45) is 29.1 Å². The Hall–Kier alpha value is 0. The maximum Gasteiger partial charge on any atom is -0.0204 e. The Labute approximate surface area is 69.4 Å². The summed E-state index contributed by atoms with van der Waals surface area (Å²) >= 11 is 0. The van der Waals surface area contributed by atoms with E-state index in [2.05, 4.69) is 13.8 Å². The molecule has 3 rings (SSSR count). The van der Waals surface area contributed by atoms with Crippen molar-refractivity contribution >= 4 is 0 Å². The molecule has 3 aliphatic rings. The molecule has 0 aromatic carbocycles. The van der Waals surface area contributed by atoms with Gasteiger partial charge in [-0.05, 0) is 41.9 Å². The Morgan fingerprint density at radius 2 is 2.27 bits per heavy atom. The Kier molecular flexibility index (Phi) is 0.990. The minimum Gasteiger partial charge on any atom is -0.0651 e. The molecule has 1 spiro atoms. The fraction of sp³-hybridized carbons (Fsp3) is 1.00. The van der Waals surface area contributed by atoms with Crippen LogP contribution in [0.1, 0.15) is 39.5 Å². The highest BCUT2D eigenvalue weighted by Crippen LogP contribution is 2.83. The second-order valence-corrected chi connectivity index (χ2v) is 5.00. The molecular weight excluding hydrogens is 132 g/mol. The second kappa shape index (κ2) is 1.67. The van der Waals surface area contributed by atoms with Gasteiger partial charge in [0.15, 0.2) is 0 Å². The first kappa shape index (κ1) is 6.51. The van der Waals surface area contributed by atoms with Crippen LogP contribution in [-0.2, 0) is 0 Å². The van der Waals surface area contributed by atoms with E-state index >= 15 is 0 Å². The van der Waals surface area contributed by atoms with Crippen LogP contribution in [-0.4, -0.2) is 0 Å². The van der Waals surface area contributed by atoms with E-state index in [-0.39, 0.29) is 0 Å². The van der Waals surface area contributed by atoms with Gasteiger partial charge in [0.05, 0.1) is 0 Å². The van der Waals surface area contributed by atoms with Crippen molar-refractivity contribution in [3.63, 3.8) is 0 Å². The van der Waals surface area contributed by atoms with Gasteiger partial charge in [0.2, 0.25) is 0 Å². The lowest BCUT2D eigenvalue weighted by Crippen LogP contribution is -2.34. The third-order valence-electron chi connectivity index (χ3n) is 5.16. The molecule has 0 radical (unpaired) electrons. The summed E-state index contributed by atoms with van der Waals surface area (Å²) in [5.41, 5.74) is 0.931. The summed E-state index contributed by atoms with van der Waals surface area (Å²) < 4.78 is 0. The van der Waals surface area contributed by atoms with Gasteiger partial charge in [0.1, 0.15) is 0 Å². The first-order valence-electron chi connectivity index (χ1n) is 5.32. The van der Waals surface area contributed by atoms with Crippen molar-refractivity contribution in [2.75, 3.05) is 0 Å². The summed E-state index contributed by atoms with van der Waals surface area (Å²) in [6.07, 6.45) is 6.16. The van der Waals surface area contributed by atoms with Gasteiger partial charge in [-0.3, -0.25) is 0 Å². The maximum atomic E-state index is 2.50. The zero-order chi connectivity index (χ0) is 7.64. The molecule has 62 valence electrons. The first-order valence-corrected chi connectivity index (χ1v) is 5.32. The van der Waals surface area contributed by atoms with Crippen molar-refractivity contribution in [1.82, 2.24) is 0 Å². The van der Waals surface area contributed by atoms with Crippen molar-refractivity contribution in [3.05, 3.63) is 0 Å². The van der Waals surface area contributed by atoms with Crippen LogP contribution in [0.3, 0.4) is 0 Å². The van der Waals surface area contributed by atoms with Gasteiger partial charge in [-0.2, -0.15) is 0 Å². The molecule has 5 unspecified atom stereocenters. The predicted molar refractivity (Wildman–Crippen MR) is 46.2 cm³/mol. The standard InChI is InChI=1S/C11H18/c1-3-8-9-5-4-6-11(9)7(2)10(8)11/h7-10H,3-6H2,1-2H3. The number of hydrogen-bond acceptors (Lipinski definition) is 0. The molecular formula is C11H18. The molecule has 0 aromatic heterocycles. The van der Waals surface area contributed by atoms with Gasteiger partial charge in [0, 0.05) is 0 Å². The molecule has 3 saturated carbocycles. The van der Waals surface area contributed by atoms with Crippen LogP contribution in [0.4, 0.5) is 0 Å². The van der Waals surface area contributed by atoms with Gasteiger partial charge >= 0.3 is 0 Å². The fourth-order valence-electron chi connectivity index (χ4n) is 4.81. The van der Waals surface area contributed by atoms with Crippen molar-refractivity contribution in [1.29, 1.82) is 0 Å². The average Bonchev–Trinajstić information content (AvgIpc) is 2.35. The molecule has 0 heterocycles. The molecule has 0 aromatic rings. The lowest BCUT2D eigenvalue weighted by atomic mass is 9.65. The van der Waals surface area contributed by atoms with Crippen LogP contribution in [0.5, 0.6) is 0 Å². The first-order chi connectivity index (χ1) is 5.32. The van der Waals surface area contributed by atoms with E-state index in [0.29, 0.717) is 0 Å². The monoisotopic (exact) mass is 150 g/mol. The van der Waals surface area contributed by atoms with E-state index in [1.54, 1.807) is 19.3 Å². The quantitative estimate of drug-likeness (QED) is 0.539. The normalized spacial score (nSPS) is 64.9. The van der Waals surface area contributed by atoms with E-state index in [4.69, 9.17) is 0 Å². The Balaban J connectivity index is 1.89. The van der Waals surface area contributed by atoms with Crippen molar-refractivity contribution < 1.29 is 0 Å². The van der Waals surface area contributed by atoms with E-state index in [9.17, 15) is 0 Å². The lowest BCUT2D eigenvalue weighted by Gasteiger charge is -2.39. The zero-order valence-corrected chi connectivity index (χ0v) is 7.64. The molecule has 0 nitrogen and oxygen atoms in total. The molecule has 0 aliphatic heterocycles. The highest BCUT2D eigenvalue weighted by atomic mass is 14.8. The SMILES string of the molecule is CCC1C2CCCC23C(C)C13. The summed E-state index contributed by atoms with van der Waals surface area (Å²) in [6.45, 7) is 4.89. The van der Waals surface area contributed by atoms with Crippen LogP contribution in [0.25, 0.3) is 0 Å². The molecule has 0 heteroatoms. The molecule has 11 heavy (non-hydrogen) atoms. The van der Waals surface area contributed by atoms with Gasteiger partial charge in [0.25, 0.3) is 0 Å². The number of hydrogen-bond donors (Lipinski definition) is 0. The van der Waals surface area contributed by atoms with Crippen LogP contribution in [0.2, 0.25) is 0 Å². The maximum absolute atomic E-state index is 2.50. The molecule has 0 N–H and O–H groups in total. The topological polar surface area (TPSA) is 0 Å². The molecule has 3 aliphatic carbocycles. The van der Waals surface area contributed by atoms with Crippen molar-refractivity contribution in [2.45, 2.75) is 39.5 Å². The summed E-state index contributed by atoms with van der Waals surface area (Å²) in [4.78, 5) is 0. The van der Waals surface area contributed by atoms with Crippen LogP contribution in [0.15, 0.2) is 0 Å². The number of rotatable bonds is 1. The van der Waals surface area contributed by atoms with Crippen molar-refractivity contribution in [3.8, 4) is 0 Å². The third kappa shape index (κ3) is 0.467. The van der Waals surface area contributed by atoms with E-state index in [0.717, 1.165) is 17.3 Å². The minimum atomic E-state index is 0.931. The third-order valence-corrected chi connectivity index (χ3v) is 5.16.